The van der Waals surface area contributed by atoms with Gasteiger partial charge in [-0.25, -0.2) is 4.98 Å². The molecule has 1 heterocycles. The van der Waals surface area contributed by atoms with Gasteiger partial charge in [0.05, 0.1) is 5.56 Å². The van der Waals surface area contributed by atoms with Crippen LogP contribution in [0.25, 0.3) is 0 Å². The molecule has 1 rings (SSSR count). The zero-order valence-electron chi connectivity index (χ0n) is 8.18. The smallest absolute Gasteiger partial charge is 0.254 e. The van der Waals surface area contributed by atoms with Crippen molar-refractivity contribution >= 4 is 29.1 Å². The predicted octanol–water partition coefficient (Wildman–Crippen LogP) is 2.69. The summed E-state index contributed by atoms with van der Waals surface area (Å²) in [6, 6.07) is 3.05. The van der Waals surface area contributed by atoms with Crippen molar-refractivity contribution in [2.45, 2.75) is 6.92 Å². The number of amides is 1. The standard InChI is InChI=1S/C10H10Cl2N2O/c1-6(2)5-13-10(15)7-3-4-8(11)14-9(7)12/h3-4H,1,5H2,2H3,(H,13,15). The largest absolute Gasteiger partial charge is 0.348 e. The fourth-order valence-electron chi connectivity index (χ4n) is 0.908. The number of pyridine rings is 1. The average Bonchev–Trinajstić information content (AvgIpc) is 2.14. The summed E-state index contributed by atoms with van der Waals surface area (Å²) in [5.41, 5.74) is 1.17. The van der Waals surface area contributed by atoms with Gasteiger partial charge in [-0.1, -0.05) is 35.4 Å². The number of hydrogen-bond acceptors (Lipinski definition) is 2. The predicted molar refractivity (Wildman–Crippen MR) is 61.4 cm³/mol. The van der Waals surface area contributed by atoms with E-state index in [1.54, 1.807) is 0 Å². The van der Waals surface area contributed by atoms with Crippen molar-refractivity contribution < 1.29 is 4.79 Å². The van der Waals surface area contributed by atoms with Crippen LogP contribution < -0.4 is 5.32 Å². The van der Waals surface area contributed by atoms with Crippen LogP contribution >= 0.6 is 23.2 Å². The molecule has 1 amide bonds. The van der Waals surface area contributed by atoms with Crippen LogP contribution in [0.2, 0.25) is 10.3 Å². The Kier molecular flexibility index (Phi) is 4.12. The van der Waals surface area contributed by atoms with Crippen molar-refractivity contribution in [2.24, 2.45) is 0 Å². The SMILES string of the molecule is C=C(C)CNC(=O)c1ccc(Cl)nc1Cl. The van der Waals surface area contributed by atoms with Gasteiger partial charge in [-0.15, -0.1) is 0 Å². The second-order valence-corrected chi connectivity index (χ2v) is 3.86. The first-order valence-corrected chi connectivity index (χ1v) is 5.01. The molecular weight excluding hydrogens is 235 g/mol. The van der Waals surface area contributed by atoms with Gasteiger partial charge in [0.1, 0.15) is 10.3 Å². The van der Waals surface area contributed by atoms with Crippen molar-refractivity contribution in [1.82, 2.24) is 10.3 Å². The summed E-state index contributed by atoms with van der Waals surface area (Å²) < 4.78 is 0. The molecule has 15 heavy (non-hydrogen) atoms. The van der Waals surface area contributed by atoms with Gasteiger partial charge < -0.3 is 5.32 Å². The Balaban J connectivity index is 2.78. The molecule has 0 spiro atoms. The lowest BCUT2D eigenvalue weighted by molar-refractivity contribution is 0.0957. The Morgan fingerprint density at radius 1 is 1.53 bits per heavy atom. The first-order valence-electron chi connectivity index (χ1n) is 4.25. The summed E-state index contributed by atoms with van der Waals surface area (Å²) in [7, 11) is 0. The van der Waals surface area contributed by atoms with Gasteiger partial charge >= 0.3 is 0 Å². The number of carbonyl (C=O) groups is 1. The number of nitrogens with one attached hydrogen (secondary N) is 1. The van der Waals surface area contributed by atoms with Crippen molar-refractivity contribution in [1.29, 1.82) is 0 Å². The first kappa shape index (κ1) is 12.0. The van der Waals surface area contributed by atoms with Crippen LogP contribution in [-0.4, -0.2) is 17.4 Å². The normalized spacial score (nSPS) is 9.80. The van der Waals surface area contributed by atoms with Gasteiger partial charge in [-0.05, 0) is 19.1 Å². The number of aromatic nitrogens is 1. The monoisotopic (exact) mass is 244 g/mol. The minimum absolute atomic E-state index is 0.0988. The van der Waals surface area contributed by atoms with Crippen LogP contribution in [-0.2, 0) is 0 Å². The molecule has 0 aliphatic carbocycles. The highest BCUT2D eigenvalue weighted by Gasteiger charge is 2.10. The van der Waals surface area contributed by atoms with E-state index < -0.39 is 0 Å². The number of rotatable bonds is 3. The van der Waals surface area contributed by atoms with E-state index in [1.165, 1.54) is 12.1 Å². The molecule has 0 aliphatic heterocycles. The van der Waals surface area contributed by atoms with Gasteiger partial charge in [0.25, 0.3) is 5.91 Å². The zero-order chi connectivity index (χ0) is 11.4. The number of hydrogen-bond donors (Lipinski definition) is 1. The molecule has 0 fully saturated rings. The lowest BCUT2D eigenvalue weighted by atomic mass is 10.2. The highest BCUT2D eigenvalue weighted by Crippen LogP contribution is 2.16. The third-order valence-electron chi connectivity index (χ3n) is 1.61. The van der Waals surface area contributed by atoms with E-state index in [-0.39, 0.29) is 16.2 Å². The molecule has 0 aliphatic rings. The molecule has 1 aromatic rings. The van der Waals surface area contributed by atoms with Crippen molar-refractivity contribution in [3.05, 3.63) is 40.2 Å². The van der Waals surface area contributed by atoms with E-state index in [4.69, 9.17) is 23.2 Å². The number of halogens is 2. The molecule has 0 atom stereocenters. The van der Waals surface area contributed by atoms with E-state index >= 15 is 0 Å². The summed E-state index contributed by atoms with van der Waals surface area (Å²) >= 11 is 11.4. The van der Waals surface area contributed by atoms with Crippen molar-refractivity contribution in [2.75, 3.05) is 6.54 Å². The average molecular weight is 245 g/mol. The maximum Gasteiger partial charge on any atom is 0.254 e. The van der Waals surface area contributed by atoms with Crippen LogP contribution in [0.3, 0.4) is 0 Å². The van der Waals surface area contributed by atoms with E-state index in [9.17, 15) is 4.79 Å². The second kappa shape index (κ2) is 5.14. The van der Waals surface area contributed by atoms with E-state index in [0.717, 1.165) is 5.57 Å². The van der Waals surface area contributed by atoms with Crippen LogP contribution in [0.1, 0.15) is 17.3 Å². The number of nitrogens with zero attached hydrogens (tertiary/aromatic N) is 1. The molecule has 80 valence electrons. The lowest BCUT2D eigenvalue weighted by Crippen LogP contribution is -2.25. The summed E-state index contributed by atoms with van der Waals surface area (Å²) in [4.78, 5) is 15.3. The quantitative estimate of drug-likeness (QED) is 0.657. The Morgan fingerprint density at radius 2 is 2.20 bits per heavy atom. The first-order chi connectivity index (χ1) is 7.00. The summed E-state index contributed by atoms with van der Waals surface area (Å²) in [6.45, 7) is 5.91. The van der Waals surface area contributed by atoms with Gasteiger partial charge in [0.2, 0.25) is 0 Å². The van der Waals surface area contributed by atoms with E-state index in [2.05, 4.69) is 16.9 Å². The maximum atomic E-state index is 11.6. The van der Waals surface area contributed by atoms with Gasteiger partial charge in [-0.3, -0.25) is 4.79 Å². The van der Waals surface area contributed by atoms with Gasteiger partial charge in [0.15, 0.2) is 0 Å². The van der Waals surface area contributed by atoms with E-state index in [1.807, 2.05) is 6.92 Å². The summed E-state index contributed by atoms with van der Waals surface area (Å²) in [6.07, 6.45) is 0. The van der Waals surface area contributed by atoms with Gasteiger partial charge in [0, 0.05) is 6.54 Å². The Morgan fingerprint density at radius 3 is 2.73 bits per heavy atom. The fourth-order valence-corrected chi connectivity index (χ4v) is 1.34. The number of carbonyl (C=O) groups excluding carboxylic acids is 1. The third kappa shape index (κ3) is 3.53. The summed E-state index contributed by atoms with van der Waals surface area (Å²) in [5.74, 6) is -0.285. The molecule has 1 aromatic heterocycles. The molecule has 0 saturated carbocycles. The van der Waals surface area contributed by atoms with Crippen molar-refractivity contribution in [3.63, 3.8) is 0 Å². The molecule has 3 nitrogen and oxygen atoms in total. The van der Waals surface area contributed by atoms with Crippen LogP contribution in [0, 0.1) is 0 Å². The Bertz CT molecular complexity index is 404. The fraction of sp³-hybridized carbons (Fsp3) is 0.200. The molecule has 0 saturated heterocycles. The minimum atomic E-state index is -0.285. The maximum absolute atomic E-state index is 11.6. The molecule has 0 unspecified atom stereocenters. The highest BCUT2D eigenvalue weighted by molar-refractivity contribution is 6.34. The Hall–Kier alpha value is -1.06. The highest BCUT2D eigenvalue weighted by atomic mass is 35.5. The molecule has 0 bridgehead atoms. The molecule has 0 aromatic carbocycles. The van der Waals surface area contributed by atoms with Gasteiger partial charge in [-0.2, -0.15) is 0 Å². The summed E-state index contributed by atoms with van der Waals surface area (Å²) in [5, 5.41) is 3.01. The van der Waals surface area contributed by atoms with E-state index in [0.29, 0.717) is 12.1 Å². The molecule has 5 heteroatoms. The Labute approximate surface area is 98.1 Å². The molecular formula is C10H10Cl2N2O. The van der Waals surface area contributed by atoms with Crippen LogP contribution in [0.5, 0.6) is 0 Å². The topological polar surface area (TPSA) is 42.0 Å². The molecule has 0 radical (unpaired) electrons. The zero-order valence-corrected chi connectivity index (χ0v) is 9.69. The minimum Gasteiger partial charge on any atom is -0.348 e. The third-order valence-corrected chi connectivity index (χ3v) is 2.11. The van der Waals surface area contributed by atoms with Crippen molar-refractivity contribution in [3.8, 4) is 0 Å². The van der Waals surface area contributed by atoms with Crippen LogP contribution in [0.4, 0.5) is 0 Å². The van der Waals surface area contributed by atoms with Crippen LogP contribution in [0.15, 0.2) is 24.3 Å². The lowest BCUT2D eigenvalue weighted by Gasteiger charge is -2.05. The molecule has 1 N–H and O–H groups in total. The second-order valence-electron chi connectivity index (χ2n) is 3.11.